The molecule has 0 aliphatic rings. The molecule has 3 aromatic rings. The number of benzene rings is 1. The monoisotopic (exact) mass is 287 g/mol. The van der Waals surface area contributed by atoms with Gasteiger partial charge in [-0.2, -0.15) is 0 Å². The first-order valence-electron chi connectivity index (χ1n) is 5.35. The molecular formula is C13H10BrN3. The van der Waals surface area contributed by atoms with Gasteiger partial charge in [0.2, 0.25) is 0 Å². The maximum atomic E-state index is 4.45. The largest absolute Gasteiger partial charge is 0.340 e. The van der Waals surface area contributed by atoms with E-state index in [9.17, 15) is 0 Å². The number of halogens is 1. The van der Waals surface area contributed by atoms with E-state index in [-0.39, 0.29) is 0 Å². The molecule has 0 fully saturated rings. The van der Waals surface area contributed by atoms with E-state index < -0.39 is 0 Å². The molecule has 0 saturated carbocycles. The number of aromatic amines is 1. The minimum absolute atomic E-state index is 0.777. The summed E-state index contributed by atoms with van der Waals surface area (Å²) in [6.07, 6.45) is 2.55. The molecule has 0 saturated heterocycles. The number of rotatable bonds is 2. The van der Waals surface area contributed by atoms with Crippen molar-refractivity contribution in [1.29, 1.82) is 0 Å². The van der Waals surface area contributed by atoms with Crippen molar-refractivity contribution in [3.63, 3.8) is 0 Å². The molecule has 0 aliphatic heterocycles. The van der Waals surface area contributed by atoms with E-state index in [2.05, 4.69) is 43.0 Å². The summed E-state index contributed by atoms with van der Waals surface area (Å²) in [5.41, 5.74) is 2.99. The van der Waals surface area contributed by atoms with Gasteiger partial charge < -0.3 is 4.98 Å². The highest BCUT2D eigenvalue weighted by atomic mass is 79.9. The van der Waals surface area contributed by atoms with Crippen molar-refractivity contribution in [2.75, 3.05) is 0 Å². The first-order chi connectivity index (χ1) is 8.31. The predicted molar refractivity (Wildman–Crippen MR) is 70.8 cm³/mol. The smallest absolute Gasteiger partial charge is 0.177 e. The molecule has 0 unspecified atom stereocenters. The van der Waals surface area contributed by atoms with Crippen LogP contribution in [0.4, 0.5) is 0 Å². The summed E-state index contributed by atoms with van der Waals surface area (Å²) in [6, 6.07) is 12.1. The van der Waals surface area contributed by atoms with Crippen LogP contribution in [-0.4, -0.2) is 15.0 Å². The lowest BCUT2D eigenvalue weighted by atomic mass is 10.1. The molecule has 84 valence electrons. The van der Waals surface area contributed by atoms with Gasteiger partial charge in [-0.05, 0) is 29.8 Å². The summed E-state index contributed by atoms with van der Waals surface area (Å²) in [5.74, 6) is 0.945. The molecule has 3 nitrogen and oxygen atoms in total. The van der Waals surface area contributed by atoms with Crippen molar-refractivity contribution in [3.05, 3.63) is 58.5 Å². The third-order valence-corrected chi connectivity index (χ3v) is 3.12. The molecule has 1 N–H and O–H groups in total. The average Bonchev–Trinajstić information content (AvgIpc) is 2.74. The highest BCUT2D eigenvalue weighted by Gasteiger charge is 2.03. The second kappa shape index (κ2) is 4.30. The zero-order valence-electron chi connectivity index (χ0n) is 9.02. The van der Waals surface area contributed by atoms with E-state index >= 15 is 0 Å². The van der Waals surface area contributed by atoms with Gasteiger partial charge in [-0.1, -0.05) is 28.1 Å². The van der Waals surface area contributed by atoms with E-state index in [1.54, 1.807) is 6.20 Å². The van der Waals surface area contributed by atoms with Crippen LogP contribution < -0.4 is 0 Å². The van der Waals surface area contributed by atoms with Crippen molar-refractivity contribution >= 4 is 27.1 Å². The molecule has 0 atom stereocenters. The quantitative estimate of drug-likeness (QED) is 0.786. The predicted octanol–water partition coefficient (Wildman–Crippen LogP) is 3.31. The number of hydrogen-bond donors (Lipinski definition) is 1. The SMILES string of the molecule is Brc1ccc(Cc2nc3ncccc3[nH]2)cc1. The molecule has 0 amide bonds. The average molecular weight is 288 g/mol. The van der Waals surface area contributed by atoms with Crippen LogP contribution in [0.15, 0.2) is 47.1 Å². The Morgan fingerprint density at radius 2 is 1.94 bits per heavy atom. The normalized spacial score (nSPS) is 10.9. The van der Waals surface area contributed by atoms with Gasteiger partial charge in [0.25, 0.3) is 0 Å². The highest BCUT2D eigenvalue weighted by molar-refractivity contribution is 9.10. The molecule has 2 aromatic heterocycles. The number of pyridine rings is 1. The lowest BCUT2D eigenvalue weighted by Gasteiger charge is -1.97. The Kier molecular flexibility index (Phi) is 2.65. The van der Waals surface area contributed by atoms with Crippen LogP contribution in [0.3, 0.4) is 0 Å². The molecule has 17 heavy (non-hydrogen) atoms. The third-order valence-electron chi connectivity index (χ3n) is 2.59. The standard InChI is InChI=1S/C13H10BrN3/c14-10-5-3-9(4-6-10)8-12-16-11-2-1-7-15-13(11)17-12/h1-7H,8H2,(H,15,16,17). The Morgan fingerprint density at radius 1 is 1.12 bits per heavy atom. The molecule has 2 heterocycles. The fourth-order valence-corrected chi connectivity index (χ4v) is 2.04. The van der Waals surface area contributed by atoms with Gasteiger partial charge >= 0.3 is 0 Å². The van der Waals surface area contributed by atoms with E-state index in [4.69, 9.17) is 0 Å². The van der Waals surface area contributed by atoms with Crippen LogP contribution in [0, 0.1) is 0 Å². The Balaban J connectivity index is 1.92. The number of imidazole rings is 1. The molecule has 0 radical (unpaired) electrons. The highest BCUT2D eigenvalue weighted by Crippen LogP contribution is 2.14. The number of nitrogens with one attached hydrogen (secondary N) is 1. The van der Waals surface area contributed by atoms with Crippen LogP contribution in [0.5, 0.6) is 0 Å². The summed E-state index contributed by atoms with van der Waals surface area (Å²) in [6.45, 7) is 0. The van der Waals surface area contributed by atoms with Crippen molar-refractivity contribution in [3.8, 4) is 0 Å². The Labute approximate surface area is 107 Å². The van der Waals surface area contributed by atoms with Gasteiger partial charge in [-0.3, -0.25) is 0 Å². The van der Waals surface area contributed by atoms with Gasteiger partial charge in [0, 0.05) is 17.1 Å². The summed E-state index contributed by atoms with van der Waals surface area (Å²) >= 11 is 3.43. The van der Waals surface area contributed by atoms with Crippen LogP contribution in [0.1, 0.15) is 11.4 Å². The van der Waals surface area contributed by atoms with E-state index in [1.807, 2.05) is 24.3 Å². The number of H-pyrrole nitrogens is 1. The van der Waals surface area contributed by atoms with Crippen molar-refractivity contribution in [1.82, 2.24) is 15.0 Å². The Hall–Kier alpha value is -1.68. The van der Waals surface area contributed by atoms with Gasteiger partial charge in [-0.25, -0.2) is 9.97 Å². The summed E-state index contributed by atoms with van der Waals surface area (Å²) in [4.78, 5) is 11.9. The maximum Gasteiger partial charge on any atom is 0.177 e. The van der Waals surface area contributed by atoms with Crippen LogP contribution in [-0.2, 0) is 6.42 Å². The van der Waals surface area contributed by atoms with Crippen molar-refractivity contribution in [2.24, 2.45) is 0 Å². The van der Waals surface area contributed by atoms with Gasteiger partial charge in [0.05, 0.1) is 5.52 Å². The van der Waals surface area contributed by atoms with Crippen LogP contribution in [0.2, 0.25) is 0 Å². The number of fused-ring (bicyclic) bond motifs is 1. The molecule has 1 aromatic carbocycles. The number of aromatic nitrogens is 3. The van der Waals surface area contributed by atoms with Crippen LogP contribution in [0.25, 0.3) is 11.2 Å². The molecule has 0 spiro atoms. The van der Waals surface area contributed by atoms with Gasteiger partial charge in [0.1, 0.15) is 5.82 Å². The minimum Gasteiger partial charge on any atom is -0.340 e. The fraction of sp³-hybridized carbons (Fsp3) is 0.0769. The molecular weight excluding hydrogens is 278 g/mol. The molecule has 3 rings (SSSR count). The Morgan fingerprint density at radius 3 is 2.71 bits per heavy atom. The van der Waals surface area contributed by atoms with Crippen molar-refractivity contribution in [2.45, 2.75) is 6.42 Å². The summed E-state index contributed by atoms with van der Waals surface area (Å²) < 4.78 is 1.09. The molecule has 4 heteroatoms. The molecule has 0 aliphatic carbocycles. The van der Waals surface area contributed by atoms with Gasteiger partial charge in [0.15, 0.2) is 5.65 Å². The second-order valence-electron chi connectivity index (χ2n) is 3.86. The number of nitrogens with zero attached hydrogens (tertiary/aromatic N) is 2. The first-order valence-corrected chi connectivity index (χ1v) is 6.14. The van der Waals surface area contributed by atoms with E-state index in [1.165, 1.54) is 5.56 Å². The zero-order valence-corrected chi connectivity index (χ0v) is 10.6. The summed E-state index contributed by atoms with van der Waals surface area (Å²) in [5, 5.41) is 0. The first kappa shape index (κ1) is 10.5. The summed E-state index contributed by atoms with van der Waals surface area (Å²) in [7, 11) is 0. The number of hydrogen-bond acceptors (Lipinski definition) is 2. The lowest BCUT2D eigenvalue weighted by molar-refractivity contribution is 1.03. The van der Waals surface area contributed by atoms with Crippen molar-refractivity contribution < 1.29 is 0 Å². The van der Waals surface area contributed by atoms with E-state index in [0.717, 1.165) is 27.9 Å². The molecule has 0 bridgehead atoms. The fourth-order valence-electron chi connectivity index (χ4n) is 1.77. The minimum atomic E-state index is 0.777. The van der Waals surface area contributed by atoms with Gasteiger partial charge in [-0.15, -0.1) is 0 Å². The van der Waals surface area contributed by atoms with Crippen LogP contribution >= 0.6 is 15.9 Å². The maximum absolute atomic E-state index is 4.45. The second-order valence-corrected chi connectivity index (χ2v) is 4.78. The topological polar surface area (TPSA) is 41.6 Å². The third kappa shape index (κ3) is 2.22. The zero-order chi connectivity index (χ0) is 11.7. The Bertz CT molecular complexity index is 610. The van der Waals surface area contributed by atoms with E-state index in [0.29, 0.717) is 0 Å². The lowest BCUT2D eigenvalue weighted by Crippen LogP contribution is -1.89.